The van der Waals surface area contributed by atoms with Gasteiger partial charge in [-0.15, -0.1) is 0 Å². The van der Waals surface area contributed by atoms with Gasteiger partial charge in [-0.1, -0.05) is 48.7 Å². The summed E-state index contributed by atoms with van der Waals surface area (Å²) in [6, 6.07) is 10.7. The van der Waals surface area contributed by atoms with Crippen LogP contribution in [0.15, 0.2) is 41.6 Å². The van der Waals surface area contributed by atoms with Crippen molar-refractivity contribution in [2.45, 2.75) is 58.1 Å². The molecule has 3 rings (SSSR count). The van der Waals surface area contributed by atoms with Crippen molar-refractivity contribution in [3.8, 4) is 22.6 Å². The SMILES string of the molecule is CCOCc1cc(OC)c(-c2ccc(C[C@H](NC(=O)C(=NOC)C3CCCCC3)C(=O)OC)cc2)c(OC)c1. The average molecular weight is 541 g/mol. The van der Waals surface area contributed by atoms with E-state index in [0.29, 0.717) is 30.4 Å². The Balaban J connectivity index is 1.81. The fraction of sp³-hybridized carbons (Fsp3) is 0.500. The van der Waals surface area contributed by atoms with Crippen molar-refractivity contribution in [2.24, 2.45) is 11.1 Å². The number of oxime groups is 1. The van der Waals surface area contributed by atoms with Gasteiger partial charge in [-0.05, 0) is 48.6 Å². The highest BCUT2D eigenvalue weighted by Gasteiger charge is 2.30. The van der Waals surface area contributed by atoms with Crippen LogP contribution in [-0.4, -0.2) is 58.7 Å². The summed E-state index contributed by atoms with van der Waals surface area (Å²) in [4.78, 5) is 30.7. The Labute approximate surface area is 230 Å². The lowest BCUT2D eigenvalue weighted by Gasteiger charge is -2.24. The maximum Gasteiger partial charge on any atom is 0.328 e. The zero-order chi connectivity index (χ0) is 28.2. The molecule has 9 heteroatoms. The van der Waals surface area contributed by atoms with E-state index < -0.39 is 17.9 Å². The number of nitrogens with one attached hydrogen (secondary N) is 1. The Morgan fingerprint density at radius 1 is 0.949 bits per heavy atom. The molecule has 0 aliphatic heterocycles. The van der Waals surface area contributed by atoms with Crippen LogP contribution in [0.5, 0.6) is 11.5 Å². The molecule has 0 heterocycles. The van der Waals surface area contributed by atoms with Gasteiger partial charge in [-0.3, -0.25) is 4.79 Å². The predicted molar refractivity (Wildman–Crippen MR) is 149 cm³/mol. The molecule has 9 nitrogen and oxygen atoms in total. The third-order valence-corrected chi connectivity index (χ3v) is 6.93. The van der Waals surface area contributed by atoms with Gasteiger partial charge in [0.1, 0.15) is 30.4 Å². The fourth-order valence-electron chi connectivity index (χ4n) is 4.94. The van der Waals surface area contributed by atoms with E-state index in [1.807, 2.05) is 43.3 Å². The number of hydrogen-bond acceptors (Lipinski definition) is 8. The molecule has 0 radical (unpaired) electrons. The van der Waals surface area contributed by atoms with Gasteiger partial charge in [0.05, 0.1) is 33.5 Å². The smallest absolute Gasteiger partial charge is 0.328 e. The molecule has 2 aromatic carbocycles. The first-order valence-corrected chi connectivity index (χ1v) is 13.4. The first kappa shape index (κ1) is 30.0. The van der Waals surface area contributed by atoms with Crippen molar-refractivity contribution in [1.82, 2.24) is 5.32 Å². The first-order valence-electron chi connectivity index (χ1n) is 13.4. The van der Waals surface area contributed by atoms with Crippen LogP contribution in [0.25, 0.3) is 11.1 Å². The van der Waals surface area contributed by atoms with E-state index in [1.54, 1.807) is 14.2 Å². The molecule has 0 bridgehead atoms. The van der Waals surface area contributed by atoms with Crippen LogP contribution >= 0.6 is 0 Å². The minimum absolute atomic E-state index is 0.0150. The fourth-order valence-corrected chi connectivity index (χ4v) is 4.94. The number of esters is 1. The molecule has 1 aliphatic carbocycles. The molecule has 39 heavy (non-hydrogen) atoms. The monoisotopic (exact) mass is 540 g/mol. The first-order chi connectivity index (χ1) is 18.9. The highest BCUT2D eigenvalue weighted by molar-refractivity contribution is 6.39. The molecule has 0 saturated heterocycles. The van der Waals surface area contributed by atoms with Gasteiger partial charge >= 0.3 is 5.97 Å². The van der Waals surface area contributed by atoms with Crippen LogP contribution in [0.1, 0.15) is 50.2 Å². The minimum Gasteiger partial charge on any atom is -0.496 e. The highest BCUT2D eigenvalue weighted by atomic mass is 16.6. The number of carbonyl (C=O) groups excluding carboxylic acids is 2. The standard InChI is InChI=1S/C30H40N2O7/c1-6-39-19-21-17-25(35-2)27(26(18-21)36-3)22-14-12-20(13-15-22)16-24(30(34)37-4)31-29(33)28(32-38-5)23-10-8-7-9-11-23/h12-15,17-18,23-24H,6-11,16,19H2,1-5H3,(H,31,33)/t24-/m0/s1. The van der Waals surface area contributed by atoms with Crippen LogP contribution in [0, 0.1) is 5.92 Å². The summed E-state index contributed by atoms with van der Waals surface area (Å²) in [5, 5.41) is 6.84. The highest BCUT2D eigenvalue weighted by Crippen LogP contribution is 2.40. The molecule has 0 spiro atoms. The maximum atomic E-state index is 13.2. The Hall–Kier alpha value is -3.59. The number of rotatable bonds is 13. The van der Waals surface area contributed by atoms with E-state index in [-0.39, 0.29) is 12.3 Å². The molecule has 2 aromatic rings. The second kappa shape index (κ2) is 15.1. The Morgan fingerprint density at radius 2 is 1.59 bits per heavy atom. The van der Waals surface area contributed by atoms with E-state index in [9.17, 15) is 9.59 Å². The quantitative estimate of drug-likeness (QED) is 0.223. The van der Waals surface area contributed by atoms with Crippen molar-refractivity contribution >= 4 is 17.6 Å². The molecular weight excluding hydrogens is 500 g/mol. The van der Waals surface area contributed by atoms with Crippen molar-refractivity contribution in [3.05, 3.63) is 47.5 Å². The third kappa shape index (κ3) is 7.95. The third-order valence-electron chi connectivity index (χ3n) is 6.93. The predicted octanol–water partition coefficient (Wildman–Crippen LogP) is 4.69. The van der Waals surface area contributed by atoms with Crippen LogP contribution in [0.2, 0.25) is 0 Å². The molecule has 1 N–H and O–H groups in total. The maximum absolute atomic E-state index is 13.2. The van der Waals surface area contributed by atoms with Gasteiger partial charge in [0.2, 0.25) is 0 Å². The summed E-state index contributed by atoms with van der Waals surface area (Å²) >= 11 is 0. The van der Waals surface area contributed by atoms with E-state index in [2.05, 4.69) is 10.5 Å². The van der Waals surface area contributed by atoms with Crippen molar-refractivity contribution < 1.29 is 33.4 Å². The summed E-state index contributed by atoms with van der Waals surface area (Å²) in [5.74, 6) is 0.424. The van der Waals surface area contributed by atoms with Crippen LogP contribution in [0.4, 0.5) is 0 Å². The van der Waals surface area contributed by atoms with Crippen LogP contribution < -0.4 is 14.8 Å². The molecule has 212 valence electrons. The van der Waals surface area contributed by atoms with Crippen LogP contribution in [-0.2, 0) is 36.9 Å². The lowest BCUT2D eigenvalue weighted by Crippen LogP contribution is -2.47. The van der Waals surface area contributed by atoms with Crippen molar-refractivity contribution in [2.75, 3.05) is 35.0 Å². The number of carbonyl (C=O) groups is 2. The van der Waals surface area contributed by atoms with Gasteiger partial charge in [0.25, 0.3) is 5.91 Å². The summed E-state index contributed by atoms with van der Waals surface area (Å²) < 4.78 is 21.9. The molecule has 1 aliphatic rings. The number of hydrogen-bond donors (Lipinski definition) is 1. The molecule has 1 fully saturated rings. The lowest BCUT2D eigenvalue weighted by molar-refractivity contribution is -0.144. The molecule has 1 saturated carbocycles. The number of amides is 1. The normalized spacial score (nSPS) is 14.8. The second-order valence-corrected chi connectivity index (χ2v) is 9.46. The van der Waals surface area contributed by atoms with Gasteiger partial charge < -0.3 is 29.1 Å². The summed E-state index contributed by atoms with van der Waals surface area (Å²) in [6.45, 7) is 3.02. The van der Waals surface area contributed by atoms with Crippen molar-refractivity contribution in [1.29, 1.82) is 0 Å². The largest absolute Gasteiger partial charge is 0.496 e. The number of ether oxygens (including phenoxy) is 4. The van der Waals surface area contributed by atoms with Gasteiger partial charge in [-0.25, -0.2) is 4.79 Å². The topological polar surface area (TPSA) is 105 Å². The molecule has 0 aromatic heterocycles. The zero-order valence-corrected chi connectivity index (χ0v) is 23.6. The van der Waals surface area contributed by atoms with Crippen LogP contribution in [0.3, 0.4) is 0 Å². The Morgan fingerprint density at radius 3 is 2.13 bits per heavy atom. The second-order valence-electron chi connectivity index (χ2n) is 9.46. The average Bonchev–Trinajstić information content (AvgIpc) is 2.98. The summed E-state index contributed by atoms with van der Waals surface area (Å²) in [7, 11) is 5.97. The summed E-state index contributed by atoms with van der Waals surface area (Å²) in [6.07, 6.45) is 5.23. The van der Waals surface area contributed by atoms with Crippen molar-refractivity contribution in [3.63, 3.8) is 0 Å². The Kier molecular flexibility index (Phi) is 11.6. The van der Waals surface area contributed by atoms with Gasteiger partial charge in [-0.2, -0.15) is 0 Å². The van der Waals surface area contributed by atoms with E-state index in [4.69, 9.17) is 23.8 Å². The lowest BCUT2D eigenvalue weighted by atomic mass is 9.85. The van der Waals surface area contributed by atoms with Gasteiger partial charge in [0.15, 0.2) is 0 Å². The van der Waals surface area contributed by atoms with E-state index in [0.717, 1.165) is 54.4 Å². The molecule has 0 unspecified atom stereocenters. The number of methoxy groups -OCH3 is 3. The molecule has 1 amide bonds. The molecule has 1 atom stereocenters. The summed E-state index contributed by atoms with van der Waals surface area (Å²) in [5.41, 5.74) is 3.84. The Bertz CT molecular complexity index is 1100. The number of benzene rings is 2. The van der Waals surface area contributed by atoms with E-state index in [1.165, 1.54) is 14.2 Å². The van der Waals surface area contributed by atoms with Gasteiger partial charge in [0, 0.05) is 18.9 Å². The molecular formula is C30H40N2O7. The number of nitrogens with zero attached hydrogens (tertiary/aromatic N) is 1. The minimum atomic E-state index is -0.874. The zero-order valence-electron chi connectivity index (χ0n) is 23.6. The van der Waals surface area contributed by atoms with E-state index >= 15 is 0 Å².